The zero-order chi connectivity index (χ0) is 6.69. The average Bonchev–Trinajstić information content (AvgIpc) is 1.90. The fourth-order valence-electron chi connectivity index (χ4n) is 0.511. The van der Waals surface area contributed by atoms with E-state index in [1.54, 1.807) is 0 Å². The molecule has 10 heavy (non-hydrogen) atoms. The topological polar surface area (TPSA) is 55.7 Å². The number of carboxylic acid groups (broad SMARTS) is 1. The molecule has 4 nitrogen and oxygen atoms in total. The van der Waals surface area contributed by atoms with Crippen LogP contribution in [0.15, 0.2) is 17.4 Å². The first kappa shape index (κ1) is 10.3. The minimum Gasteiger partial charge on any atom is -0.530 e. The molecule has 0 fully saturated rings. The van der Waals surface area contributed by atoms with Gasteiger partial charge in [-0.25, -0.2) is 0 Å². The zero-order valence-electron chi connectivity index (χ0n) is 5.65. The molecule has 1 rings (SSSR count). The Balaban J connectivity index is 0.000000810. The van der Waals surface area contributed by atoms with Crippen LogP contribution >= 0.6 is 0 Å². The van der Waals surface area contributed by atoms with E-state index in [2.05, 4.69) is 4.99 Å². The second kappa shape index (κ2) is 5.03. The van der Waals surface area contributed by atoms with Crippen LogP contribution in [0.4, 0.5) is 4.79 Å². The van der Waals surface area contributed by atoms with Crippen molar-refractivity contribution in [2.45, 2.75) is 0 Å². The van der Waals surface area contributed by atoms with E-state index in [9.17, 15) is 9.90 Å². The Morgan fingerprint density at radius 2 is 2.40 bits per heavy atom. The van der Waals surface area contributed by atoms with Crippen LogP contribution in [0.1, 0.15) is 0 Å². The summed E-state index contributed by atoms with van der Waals surface area (Å²) in [4.78, 5) is 14.8. The van der Waals surface area contributed by atoms with Crippen LogP contribution in [0.3, 0.4) is 0 Å². The van der Waals surface area contributed by atoms with Gasteiger partial charge in [-0.05, 0) is 0 Å². The van der Waals surface area contributed by atoms with E-state index in [1.165, 1.54) is 18.6 Å². The third kappa shape index (κ3) is 2.93. The van der Waals surface area contributed by atoms with E-state index in [1.807, 2.05) is 0 Å². The van der Waals surface area contributed by atoms with Gasteiger partial charge in [-0.15, -0.1) is 0 Å². The van der Waals surface area contributed by atoms with Crippen molar-refractivity contribution in [1.82, 2.24) is 4.90 Å². The molecule has 0 aromatic carbocycles. The molecule has 1 heterocycles. The summed E-state index contributed by atoms with van der Waals surface area (Å²) in [6.45, 7) is 0.291. The van der Waals surface area contributed by atoms with Crippen molar-refractivity contribution in [2.75, 3.05) is 6.54 Å². The molecule has 0 aliphatic carbocycles. The maximum absolute atomic E-state index is 10.1. The number of carbonyl (C=O) groups excluding carboxylic acids is 1. The third-order valence-electron chi connectivity index (χ3n) is 0.951. The Labute approximate surface area is 101 Å². The quantitative estimate of drug-likeness (QED) is 0.345. The van der Waals surface area contributed by atoms with E-state index in [0.717, 1.165) is 4.90 Å². The number of aliphatic imine (C=N–C) groups is 1. The second-order valence-electron chi connectivity index (χ2n) is 1.55. The molecule has 48 valence electrons. The first-order chi connectivity index (χ1) is 4.30. The summed E-state index contributed by atoms with van der Waals surface area (Å²) < 4.78 is 0. The molecule has 1 amide bonds. The average molecular weight is 164 g/mol. The van der Waals surface area contributed by atoms with Gasteiger partial charge in [0.25, 0.3) is 0 Å². The maximum atomic E-state index is 10.1. The van der Waals surface area contributed by atoms with Crippen LogP contribution in [-0.2, 0) is 0 Å². The molecule has 0 spiro atoms. The molecule has 0 saturated heterocycles. The number of hydrogen-bond donors (Lipinski definition) is 0. The van der Waals surface area contributed by atoms with Gasteiger partial charge in [-0.2, -0.15) is 0 Å². The molecule has 0 N–H and O–H groups in total. The smallest absolute Gasteiger partial charge is 0.530 e. The van der Waals surface area contributed by atoms with Crippen molar-refractivity contribution in [3.63, 3.8) is 0 Å². The zero-order valence-corrected chi connectivity index (χ0v) is 8.77. The molecule has 5 heteroatoms. The number of carbonyl (C=O) groups is 1. The molecule has 0 saturated carbocycles. The summed E-state index contributed by atoms with van der Waals surface area (Å²) in [5, 5.41) is 10.1. The van der Waals surface area contributed by atoms with E-state index in [-0.39, 0.29) is 51.4 Å². The van der Waals surface area contributed by atoms with Crippen molar-refractivity contribution in [1.29, 1.82) is 0 Å². The number of amides is 1. The van der Waals surface area contributed by atoms with Crippen LogP contribution in [0.5, 0.6) is 0 Å². The Hall–Kier alpha value is 0.316. The van der Waals surface area contributed by atoms with Crippen molar-refractivity contribution in [3.05, 3.63) is 12.4 Å². The Kier molecular flexibility index (Phi) is 5.19. The Morgan fingerprint density at radius 1 is 1.70 bits per heavy atom. The molecule has 0 aromatic heterocycles. The molecule has 1 aliphatic rings. The molecule has 0 aromatic rings. The number of nitrogens with zero attached hydrogens (tertiary/aromatic N) is 2. The van der Waals surface area contributed by atoms with Gasteiger partial charge in [-0.1, -0.05) is 0 Å². The summed E-state index contributed by atoms with van der Waals surface area (Å²) in [6.07, 6.45) is 3.06. The van der Waals surface area contributed by atoms with Gasteiger partial charge in [0.1, 0.15) is 6.09 Å². The maximum Gasteiger partial charge on any atom is 1.00 e. The molecule has 0 atom stereocenters. The molecule has 1 aliphatic heterocycles. The fraction of sp³-hybridized carbons (Fsp3) is 0.200. The largest absolute Gasteiger partial charge is 1.00 e. The molecule has 0 unspecified atom stereocenters. The molecular formula is C5H5KN2O2. The van der Waals surface area contributed by atoms with Gasteiger partial charge in [-0.3, -0.25) is 4.99 Å². The standard InChI is InChI=1S/C5H6N2O2.K/c8-5(9)7-3-1-6-2-4-7;/h1-3H,4H2,(H,8,9);/q;+1/p-1. The van der Waals surface area contributed by atoms with Crippen molar-refractivity contribution >= 4 is 12.3 Å². The normalized spacial score (nSPS) is 14.6. The van der Waals surface area contributed by atoms with E-state index < -0.39 is 6.09 Å². The summed E-state index contributed by atoms with van der Waals surface area (Å²) in [5.41, 5.74) is 0. The van der Waals surface area contributed by atoms with Crippen molar-refractivity contribution < 1.29 is 61.3 Å². The molecule has 0 radical (unpaired) electrons. The van der Waals surface area contributed by atoms with Crippen LogP contribution in [0, 0.1) is 0 Å². The Morgan fingerprint density at radius 3 is 2.70 bits per heavy atom. The first-order valence-corrected chi connectivity index (χ1v) is 2.46. The number of rotatable bonds is 0. The predicted molar refractivity (Wildman–Crippen MR) is 29.7 cm³/mol. The van der Waals surface area contributed by atoms with Gasteiger partial charge >= 0.3 is 51.4 Å². The summed E-state index contributed by atoms with van der Waals surface area (Å²) in [5.74, 6) is 0. The second-order valence-corrected chi connectivity index (χ2v) is 1.55. The van der Waals surface area contributed by atoms with Gasteiger partial charge < -0.3 is 14.8 Å². The summed E-state index contributed by atoms with van der Waals surface area (Å²) in [6, 6.07) is 0. The van der Waals surface area contributed by atoms with E-state index >= 15 is 0 Å². The van der Waals surface area contributed by atoms with Crippen LogP contribution < -0.4 is 56.5 Å². The van der Waals surface area contributed by atoms with Crippen LogP contribution in [-0.4, -0.2) is 23.8 Å². The summed E-state index contributed by atoms with van der Waals surface area (Å²) >= 11 is 0. The van der Waals surface area contributed by atoms with Crippen LogP contribution in [0.25, 0.3) is 0 Å². The van der Waals surface area contributed by atoms with E-state index in [0.29, 0.717) is 6.54 Å². The van der Waals surface area contributed by atoms with Gasteiger partial charge in [0.05, 0.1) is 6.54 Å². The van der Waals surface area contributed by atoms with Crippen molar-refractivity contribution in [2.24, 2.45) is 4.99 Å². The molecule has 0 bridgehead atoms. The first-order valence-electron chi connectivity index (χ1n) is 2.46. The molecular weight excluding hydrogens is 159 g/mol. The monoisotopic (exact) mass is 164 g/mol. The van der Waals surface area contributed by atoms with Gasteiger partial charge in [0.15, 0.2) is 0 Å². The van der Waals surface area contributed by atoms with Crippen LogP contribution in [0.2, 0.25) is 0 Å². The van der Waals surface area contributed by atoms with Gasteiger partial charge in [0.2, 0.25) is 0 Å². The Bertz CT molecular complexity index is 178. The third-order valence-corrected chi connectivity index (χ3v) is 0.951. The fourth-order valence-corrected chi connectivity index (χ4v) is 0.511. The van der Waals surface area contributed by atoms with Gasteiger partial charge in [0, 0.05) is 18.6 Å². The minimum atomic E-state index is -1.20. The summed E-state index contributed by atoms with van der Waals surface area (Å²) in [7, 11) is 0. The number of hydrogen-bond acceptors (Lipinski definition) is 3. The van der Waals surface area contributed by atoms with E-state index in [4.69, 9.17) is 0 Å². The SMILES string of the molecule is O=C([O-])N1C=CN=CC1.[K+]. The van der Waals surface area contributed by atoms with Crippen molar-refractivity contribution in [3.8, 4) is 0 Å². The minimum absolute atomic E-state index is 0. The predicted octanol–water partition coefficient (Wildman–Crippen LogP) is -3.81.